The van der Waals surface area contributed by atoms with Crippen molar-refractivity contribution in [2.24, 2.45) is 5.92 Å². The van der Waals surface area contributed by atoms with Gasteiger partial charge in [-0.15, -0.1) is 0 Å². The van der Waals surface area contributed by atoms with Crippen LogP contribution in [0.3, 0.4) is 0 Å². The number of rotatable bonds is 2. The van der Waals surface area contributed by atoms with Crippen LogP contribution in [0.25, 0.3) is 0 Å². The molecule has 0 atom stereocenters. The van der Waals surface area contributed by atoms with Crippen molar-refractivity contribution in [3.05, 3.63) is 35.4 Å². The lowest BCUT2D eigenvalue weighted by atomic mass is 9.74. The second-order valence-corrected chi connectivity index (χ2v) is 6.60. The Labute approximate surface area is 123 Å². The number of halogens is 3. The molecular weight excluding hydrogens is 277 g/mol. The van der Waals surface area contributed by atoms with Crippen LogP contribution in [0.15, 0.2) is 24.3 Å². The van der Waals surface area contributed by atoms with Crippen molar-refractivity contribution in [2.75, 3.05) is 0 Å². The highest BCUT2D eigenvalue weighted by molar-refractivity contribution is 5.30. The van der Waals surface area contributed by atoms with Gasteiger partial charge in [0.25, 0.3) is 0 Å². The fourth-order valence-corrected chi connectivity index (χ4v) is 3.52. The van der Waals surface area contributed by atoms with Gasteiger partial charge in [-0.25, -0.2) is 0 Å². The zero-order chi connectivity index (χ0) is 15.1. The summed E-state index contributed by atoms with van der Waals surface area (Å²) in [5, 5.41) is 10.7. The SMILES string of the molecule is OC1(c2ccc(C3CCC3)cc2)CCC(C(F)(F)F)CC1. The minimum atomic E-state index is -4.13. The maximum atomic E-state index is 12.7. The fraction of sp³-hybridized carbons (Fsp3) is 0.647. The Balaban J connectivity index is 1.68. The van der Waals surface area contributed by atoms with Gasteiger partial charge >= 0.3 is 6.18 Å². The van der Waals surface area contributed by atoms with E-state index in [1.54, 1.807) is 0 Å². The third-order valence-corrected chi connectivity index (χ3v) is 5.30. The second kappa shape index (κ2) is 5.31. The lowest BCUT2D eigenvalue weighted by molar-refractivity contribution is -0.193. The zero-order valence-electron chi connectivity index (χ0n) is 12.0. The van der Waals surface area contributed by atoms with E-state index < -0.39 is 17.7 Å². The van der Waals surface area contributed by atoms with Crippen molar-refractivity contribution >= 4 is 0 Å². The normalized spacial score (nSPS) is 31.0. The van der Waals surface area contributed by atoms with Crippen LogP contribution in [0, 0.1) is 5.92 Å². The summed E-state index contributed by atoms with van der Waals surface area (Å²) in [5.74, 6) is -0.623. The van der Waals surface area contributed by atoms with Gasteiger partial charge in [0.15, 0.2) is 0 Å². The molecule has 0 unspecified atom stereocenters. The predicted octanol–water partition coefficient (Wildman–Crippen LogP) is 4.89. The first kappa shape index (κ1) is 14.9. The molecule has 1 aromatic carbocycles. The maximum Gasteiger partial charge on any atom is 0.391 e. The monoisotopic (exact) mass is 298 g/mol. The Kier molecular flexibility index (Phi) is 3.76. The standard InChI is InChI=1S/C17H21F3O/c18-17(19,20)15-8-10-16(21,11-9-15)14-6-4-13(5-7-14)12-2-1-3-12/h4-7,12,15,21H,1-3,8-11H2. The topological polar surface area (TPSA) is 20.2 Å². The summed E-state index contributed by atoms with van der Waals surface area (Å²) in [7, 11) is 0. The second-order valence-electron chi connectivity index (χ2n) is 6.60. The highest BCUT2D eigenvalue weighted by Gasteiger charge is 2.45. The number of hydrogen-bond acceptors (Lipinski definition) is 1. The van der Waals surface area contributed by atoms with E-state index in [0.29, 0.717) is 5.92 Å². The number of benzene rings is 1. The van der Waals surface area contributed by atoms with Crippen molar-refractivity contribution in [2.45, 2.75) is 62.6 Å². The lowest BCUT2D eigenvalue weighted by Crippen LogP contribution is -2.36. The van der Waals surface area contributed by atoms with Gasteiger partial charge < -0.3 is 5.11 Å². The molecule has 0 radical (unpaired) electrons. The molecule has 0 saturated heterocycles. The van der Waals surface area contributed by atoms with E-state index in [0.717, 1.165) is 5.56 Å². The fourth-order valence-electron chi connectivity index (χ4n) is 3.52. The smallest absolute Gasteiger partial charge is 0.385 e. The molecule has 1 N–H and O–H groups in total. The van der Waals surface area contributed by atoms with Crippen molar-refractivity contribution in [3.63, 3.8) is 0 Å². The molecule has 0 aromatic heterocycles. The summed E-state index contributed by atoms with van der Waals surface area (Å²) in [6, 6.07) is 7.88. The summed E-state index contributed by atoms with van der Waals surface area (Å²) in [6.45, 7) is 0. The maximum absolute atomic E-state index is 12.7. The van der Waals surface area contributed by atoms with Gasteiger partial charge in [0, 0.05) is 0 Å². The number of hydrogen-bond donors (Lipinski definition) is 1. The molecule has 0 spiro atoms. The van der Waals surface area contributed by atoms with Crippen molar-refractivity contribution in [3.8, 4) is 0 Å². The van der Waals surface area contributed by atoms with Crippen LogP contribution in [0.1, 0.15) is 62.0 Å². The van der Waals surface area contributed by atoms with Gasteiger partial charge in [-0.1, -0.05) is 30.7 Å². The molecule has 3 rings (SSSR count). The van der Waals surface area contributed by atoms with Gasteiger partial charge in [-0.3, -0.25) is 0 Å². The average molecular weight is 298 g/mol. The molecular formula is C17H21F3O. The first-order valence-electron chi connectivity index (χ1n) is 7.78. The van der Waals surface area contributed by atoms with Crippen LogP contribution < -0.4 is 0 Å². The Morgan fingerprint density at radius 2 is 1.52 bits per heavy atom. The molecule has 116 valence electrons. The Morgan fingerprint density at radius 3 is 1.95 bits per heavy atom. The summed E-state index contributed by atoms with van der Waals surface area (Å²) < 4.78 is 38.1. The lowest BCUT2D eigenvalue weighted by Gasteiger charge is -2.37. The first-order chi connectivity index (χ1) is 9.88. The van der Waals surface area contributed by atoms with Gasteiger partial charge in [0.2, 0.25) is 0 Å². The Hall–Kier alpha value is -1.03. The van der Waals surface area contributed by atoms with Gasteiger partial charge in [-0.05, 0) is 55.6 Å². The largest absolute Gasteiger partial charge is 0.391 e. The van der Waals surface area contributed by atoms with Gasteiger partial charge in [0.1, 0.15) is 0 Å². The summed E-state index contributed by atoms with van der Waals surface area (Å²) in [5.41, 5.74) is 0.976. The molecule has 1 aromatic rings. The Morgan fingerprint density at radius 1 is 0.952 bits per heavy atom. The number of alkyl halides is 3. The van der Waals surface area contributed by atoms with Crippen molar-refractivity contribution < 1.29 is 18.3 Å². The summed E-state index contributed by atoms with van der Waals surface area (Å²) in [6.07, 6.45) is 0.00695. The predicted molar refractivity (Wildman–Crippen MR) is 74.9 cm³/mol. The van der Waals surface area contributed by atoms with E-state index >= 15 is 0 Å². The van der Waals surface area contributed by atoms with Crippen molar-refractivity contribution in [1.82, 2.24) is 0 Å². The molecule has 0 amide bonds. The molecule has 0 bridgehead atoms. The Bertz CT molecular complexity index is 480. The first-order valence-corrected chi connectivity index (χ1v) is 7.78. The van der Waals surface area contributed by atoms with Crippen LogP contribution in [-0.4, -0.2) is 11.3 Å². The van der Waals surface area contributed by atoms with Crippen LogP contribution in [0.2, 0.25) is 0 Å². The van der Waals surface area contributed by atoms with Crippen LogP contribution in [0.5, 0.6) is 0 Å². The molecule has 21 heavy (non-hydrogen) atoms. The van der Waals surface area contributed by atoms with E-state index in [1.165, 1.54) is 24.8 Å². The van der Waals surface area contributed by atoms with Crippen LogP contribution >= 0.6 is 0 Å². The van der Waals surface area contributed by atoms with E-state index in [-0.39, 0.29) is 25.7 Å². The molecule has 1 nitrogen and oxygen atoms in total. The molecule has 0 aliphatic heterocycles. The third-order valence-electron chi connectivity index (χ3n) is 5.30. The molecule has 0 heterocycles. The molecule has 2 aliphatic rings. The van der Waals surface area contributed by atoms with Gasteiger partial charge in [-0.2, -0.15) is 13.2 Å². The van der Waals surface area contributed by atoms with E-state index in [9.17, 15) is 18.3 Å². The van der Waals surface area contributed by atoms with Crippen LogP contribution in [0.4, 0.5) is 13.2 Å². The van der Waals surface area contributed by atoms with E-state index in [2.05, 4.69) is 0 Å². The third kappa shape index (κ3) is 2.96. The number of aliphatic hydroxyl groups is 1. The van der Waals surface area contributed by atoms with E-state index in [4.69, 9.17) is 0 Å². The highest BCUT2D eigenvalue weighted by atomic mass is 19.4. The summed E-state index contributed by atoms with van der Waals surface area (Å²) >= 11 is 0. The quantitative estimate of drug-likeness (QED) is 0.824. The molecule has 2 saturated carbocycles. The van der Waals surface area contributed by atoms with Crippen molar-refractivity contribution in [1.29, 1.82) is 0 Å². The minimum absolute atomic E-state index is 0.0182. The zero-order valence-corrected chi connectivity index (χ0v) is 12.0. The minimum Gasteiger partial charge on any atom is -0.385 e. The van der Waals surface area contributed by atoms with E-state index in [1.807, 2.05) is 24.3 Å². The molecule has 4 heteroatoms. The molecule has 2 aliphatic carbocycles. The average Bonchev–Trinajstić information content (AvgIpc) is 2.37. The molecule has 2 fully saturated rings. The summed E-state index contributed by atoms with van der Waals surface area (Å²) in [4.78, 5) is 0. The highest BCUT2D eigenvalue weighted by Crippen LogP contribution is 2.45. The van der Waals surface area contributed by atoms with Crippen LogP contribution in [-0.2, 0) is 5.60 Å². The van der Waals surface area contributed by atoms with Gasteiger partial charge in [0.05, 0.1) is 11.5 Å².